The van der Waals surface area contributed by atoms with Crippen molar-refractivity contribution in [1.29, 1.82) is 0 Å². The van der Waals surface area contributed by atoms with Gasteiger partial charge in [-0.1, -0.05) is 38.1 Å². The second-order valence-electron chi connectivity index (χ2n) is 5.96. The molecule has 2 N–H and O–H groups in total. The molecule has 1 heterocycles. The van der Waals surface area contributed by atoms with Gasteiger partial charge in [-0.3, -0.25) is 4.79 Å². The van der Waals surface area contributed by atoms with Crippen LogP contribution in [0, 0.1) is 5.92 Å². The van der Waals surface area contributed by atoms with Gasteiger partial charge in [-0.25, -0.2) is 0 Å². The van der Waals surface area contributed by atoms with Gasteiger partial charge < -0.3 is 10.2 Å². The highest BCUT2D eigenvalue weighted by atomic mass is 16.2. The largest absolute Gasteiger partial charge is 0.351 e. The van der Waals surface area contributed by atoms with Crippen LogP contribution in [0.25, 0.3) is 0 Å². The third-order valence-corrected chi connectivity index (χ3v) is 3.94. The normalized spacial score (nSPS) is 19.9. The molecule has 0 aliphatic carbocycles. The van der Waals surface area contributed by atoms with E-state index in [1.807, 2.05) is 6.92 Å². The van der Waals surface area contributed by atoms with E-state index in [2.05, 4.69) is 43.4 Å². The molecule has 2 atom stereocenters. The Hall–Kier alpha value is -1.35. The van der Waals surface area contributed by atoms with Crippen LogP contribution in [-0.2, 0) is 17.8 Å². The second kappa shape index (κ2) is 6.20. The van der Waals surface area contributed by atoms with E-state index < -0.39 is 0 Å². The minimum Gasteiger partial charge on any atom is -0.351 e. The highest BCUT2D eigenvalue weighted by molar-refractivity contribution is 5.79. The van der Waals surface area contributed by atoms with E-state index in [4.69, 9.17) is 0 Å². The van der Waals surface area contributed by atoms with Gasteiger partial charge in [0.15, 0.2) is 6.04 Å². The van der Waals surface area contributed by atoms with Crippen molar-refractivity contribution in [3.05, 3.63) is 35.4 Å². The molecule has 3 nitrogen and oxygen atoms in total. The monoisotopic (exact) mass is 261 g/mol. The van der Waals surface area contributed by atoms with Crippen LogP contribution in [0.2, 0.25) is 0 Å². The highest BCUT2D eigenvalue weighted by Crippen LogP contribution is 2.10. The SMILES string of the molecule is CC(C)CNC(=O)[C@H](C)[NH+]1CCc2ccccc2C1. The van der Waals surface area contributed by atoms with Crippen LogP contribution in [0.5, 0.6) is 0 Å². The number of amides is 1. The van der Waals surface area contributed by atoms with Gasteiger partial charge in [-0.2, -0.15) is 0 Å². The van der Waals surface area contributed by atoms with Crippen LogP contribution in [-0.4, -0.2) is 25.0 Å². The Balaban J connectivity index is 1.95. The first-order valence-corrected chi connectivity index (χ1v) is 7.27. The molecule has 1 aliphatic rings. The maximum Gasteiger partial charge on any atom is 0.278 e. The van der Waals surface area contributed by atoms with E-state index >= 15 is 0 Å². The van der Waals surface area contributed by atoms with Gasteiger partial charge in [0.05, 0.1) is 6.54 Å². The Kier molecular flexibility index (Phi) is 4.59. The molecule has 2 rings (SSSR count). The quantitative estimate of drug-likeness (QED) is 0.825. The second-order valence-corrected chi connectivity index (χ2v) is 5.96. The number of carbonyl (C=O) groups is 1. The fourth-order valence-electron chi connectivity index (χ4n) is 2.61. The minimum atomic E-state index is 0.0344. The van der Waals surface area contributed by atoms with E-state index in [1.165, 1.54) is 16.0 Å². The summed E-state index contributed by atoms with van der Waals surface area (Å²) in [4.78, 5) is 13.5. The number of benzene rings is 1. The molecule has 0 saturated carbocycles. The summed E-state index contributed by atoms with van der Waals surface area (Å²) in [6.07, 6.45) is 1.08. The molecule has 1 unspecified atom stereocenters. The molecule has 19 heavy (non-hydrogen) atoms. The molecule has 3 heteroatoms. The van der Waals surface area contributed by atoms with Crippen LogP contribution < -0.4 is 10.2 Å². The molecule has 104 valence electrons. The zero-order chi connectivity index (χ0) is 13.8. The first-order valence-electron chi connectivity index (χ1n) is 7.27. The number of nitrogens with one attached hydrogen (secondary N) is 2. The molecule has 1 aliphatic heterocycles. The van der Waals surface area contributed by atoms with Crippen molar-refractivity contribution >= 4 is 5.91 Å². The van der Waals surface area contributed by atoms with E-state index in [9.17, 15) is 4.79 Å². The van der Waals surface area contributed by atoms with Crippen molar-refractivity contribution in [3.63, 3.8) is 0 Å². The van der Waals surface area contributed by atoms with Crippen LogP contribution in [0.1, 0.15) is 31.9 Å². The van der Waals surface area contributed by atoms with Gasteiger partial charge in [-0.05, 0) is 18.4 Å². The van der Waals surface area contributed by atoms with Crippen LogP contribution in [0.15, 0.2) is 24.3 Å². The fourth-order valence-corrected chi connectivity index (χ4v) is 2.61. The number of fused-ring (bicyclic) bond motifs is 1. The summed E-state index contributed by atoms with van der Waals surface area (Å²) in [5, 5.41) is 3.04. The summed E-state index contributed by atoms with van der Waals surface area (Å²) >= 11 is 0. The predicted octanol–water partition coefficient (Wildman–Crippen LogP) is 0.788. The number of carbonyl (C=O) groups excluding carboxylic acids is 1. The first-order chi connectivity index (χ1) is 9.08. The lowest BCUT2D eigenvalue weighted by molar-refractivity contribution is -0.929. The van der Waals surface area contributed by atoms with Gasteiger partial charge in [0.25, 0.3) is 5.91 Å². The van der Waals surface area contributed by atoms with Crippen LogP contribution in [0.4, 0.5) is 0 Å². The molecule has 0 spiro atoms. The summed E-state index contributed by atoms with van der Waals surface area (Å²) in [5.41, 5.74) is 2.84. The molecule has 1 amide bonds. The highest BCUT2D eigenvalue weighted by Gasteiger charge is 2.28. The molecule has 0 radical (unpaired) electrons. The molecule has 1 aromatic carbocycles. The standard InChI is InChI=1S/C16H24N2O/c1-12(2)10-17-16(19)13(3)18-9-8-14-6-4-5-7-15(14)11-18/h4-7,12-13H,8-11H2,1-3H3,(H,17,19)/p+1/t13-/m0/s1. The molecular formula is C16H25N2O+. The smallest absolute Gasteiger partial charge is 0.278 e. The lowest BCUT2D eigenvalue weighted by Crippen LogP contribution is -3.16. The van der Waals surface area contributed by atoms with Gasteiger partial charge in [-0.15, -0.1) is 0 Å². The Bertz CT molecular complexity index is 442. The topological polar surface area (TPSA) is 33.5 Å². The van der Waals surface area contributed by atoms with Crippen LogP contribution in [0.3, 0.4) is 0 Å². The Morgan fingerprint density at radius 1 is 1.26 bits per heavy atom. The maximum atomic E-state index is 12.1. The van der Waals surface area contributed by atoms with E-state index in [0.29, 0.717) is 5.92 Å². The average molecular weight is 261 g/mol. The lowest BCUT2D eigenvalue weighted by atomic mass is 9.99. The zero-order valence-electron chi connectivity index (χ0n) is 12.2. The molecule has 0 saturated heterocycles. The number of quaternary nitrogens is 1. The molecule has 0 aromatic heterocycles. The molecular weight excluding hydrogens is 236 g/mol. The number of hydrogen-bond acceptors (Lipinski definition) is 1. The summed E-state index contributed by atoms with van der Waals surface area (Å²) < 4.78 is 0. The minimum absolute atomic E-state index is 0.0344. The van der Waals surface area contributed by atoms with E-state index in [-0.39, 0.29) is 11.9 Å². The van der Waals surface area contributed by atoms with Crippen molar-refractivity contribution in [2.75, 3.05) is 13.1 Å². The Labute approximate surface area is 116 Å². The number of hydrogen-bond donors (Lipinski definition) is 2. The number of rotatable bonds is 4. The average Bonchev–Trinajstić information content (AvgIpc) is 2.43. The zero-order valence-corrected chi connectivity index (χ0v) is 12.2. The third kappa shape index (κ3) is 3.57. The van der Waals surface area contributed by atoms with Crippen molar-refractivity contribution < 1.29 is 9.69 Å². The van der Waals surface area contributed by atoms with Crippen molar-refractivity contribution in [3.8, 4) is 0 Å². The summed E-state index contributed by atoms with van der Waals surface area (Å²) in [7, 11) is 0. The first kappa shape index (κ1) is 14.1. The Morgan fingerprint density at radius 3 is 2.63 bits per heavy atom. The van der Waals surface area contributed by atoms with E-state index in [0.717, 1.165) is 26.1 Å². The maximum absolute atomic E-state index is 12.1. The molecule has 0 bridgehead atoms. The van der Waals surface area contributed by atoms with Crippen LogP contribution >= 0.6 is 0 Å². The fraction of sp³-hybridized carbons (Fsp3) is 0.562. The van der Waals surface area contributed by atoms with E-state index in [1.54, 1.807) is 0 Å². The summed E-state index contributed by atoms with van der Waals surface area (Å²) in [5.74, 6) is 0.691. The van der Waals surface area contributed by atoms with Gasteiger partial charge in [0.1, 0.15) is 6.54 Å². The molecule has 1 aromatic rings. The van der Waals surface area contributed by atoms with Gasteiger partial charge in [0, 0.05) is 18.5 Å². The van der Waals surface area contributed by atoms with Crippen molar-refractivity contribution in [2.45, 2.75) is 39.8 Å². The van der Waals surface area contributed by atoms with Gasteiger partial charge in [0.2, 0.25) is 0 Å². The molecule has 0 fully saturated rings. The lowest BCUT2D eigenvalue weighted by Gasteiger charge is -2.30. The summed E-state index contributed by atoms with van der Waals surface area (Å²) in [6.45, 7) is 9.07. The van der Waals surface area contributed by atoms with Crippen molar-refractivity contribution in [2.24, 2.45) is 5.92 Å². The van der Waals surface area contributed by atoms with Gasteiger partial charge >= 0.3 is 0 Å². The van der Waals surface area contributed by atoms with Crippen molar-refractivity contribution in [1.82, 2.24) is 5.32 Å². The predicted molar refractivity (Wildman–Crippen MR) is 77.0 cm³/mol. The summed E-state index contributed by atoms with van der Waals surface area (Å²) in [6, 6.07) is 8.61. The Morgan fingerprint density at radius 2 is 1.95 bits per heavy atom. The third-order valence-electron chi connectivity index (χ3n) is 3.94.